The summed E-state index contributed by atoms with van der Waals surface area (Å²) in [6.07, 6.45) is 8.71. The maximum atomic E-state index is 15.0. The van der Waals surface area contributed by atoms with Crippen molar-refractivity contribution in [1.29, 1.82) is 5.26 Å². The molecule has 13 heteroatoms. The minimum atomic E-state index is -1.47. The Morgan fingerprint density at radius 1 is 1.05 bits per heavy atom. The number of nitriles is 1. The van der Waals surface area contributed by atoms with Crippen LogP contribution in [-0.2, 0) is 20.9 Å². The van der Waals surface area contributed by atoms with Gasteiger partial charge >= 0.3 is 0 Å². The van der Waals surface area contributed by atoms with Crippen LogP contribution in [0.4, 0.5) is 0 Å². The van der Waals surface area contributed by atoms with Crippen molar-refractivity contribution in [2.24, 2.45) is 22.9 Å². The van der Waals surface area contributed by atoms with Crippen LogP contribution in [0.2, 0.25) is 0 Å². The molecule has 2 aliphatic carbocycles. The lowest BCUT2D eigenvalue weighted by Crippen LogP contribution is -2.70. The Morgan fingerprint density at radius 3 is 2.54 bits per heavy atom. The van der Waals surface area contributed by atoms with Crippen LogP contribution in [0.5, 0.6) is 11.5 Å². The van der Waals surface area contributed by atoms with Gasteiger partial charge in [0.25, 0.3) is 5.91 Å². The third-order valence-electron chi connectivity index (χ3n) is 11.9. The summed E-state index contributed by atoms with van der Waals surface area (Å²) >= 11 is 0. The van der Waals surface area contributed by atoms with E-state index < -0.39 is 17.7 Å². The van der Waals surface area contributed by atoms with Gasteiger partial charge in [0.05, 0.1) is 55.4 Å². The molecular weight excluding hydrogens is 777 g/mol. The van der Waals surface area contributed by atoms with E-state index in [9.17, 15) is 25.4 Å². The Hall–Kier alpha value is -5.10. The Bertz CT molecular complexity index is 2030. The number of pyridine rings is 1. The maximum Gasteiger partial charge on any atom is 0.254 e. The number of hydrogen-bond acceptors (Lipinski definition) is 12. The number of aliphatic hydroxyl groups excluding tert-OH is 3. The number of carbonyl (C=O) groups is 1. The normalized spacial score (nSPS) is 23.2. The van der Waals surface area contributed by atoms with E-state index in [1.54, 1.807) is 35.2 Å². The predicted octanol–water partition coefficient (Wildman–Crippen LogP) is 6.65. The highest BCUT2D eigenvalue weighted by Crippen LogP contribution is 2.62. The van der Waals surface area contributed by atoms with E-state index in [1.165, 1.54) is 0 Å². The second-order valence-corrected chi connectivity index (χ2v) is 15.8. The number of fused-ring (bicyclic) bond motifs is 2. The van der Waals surface area contributed by atoms with Gasteiger partial charge in [0.1, 0.15) is 30.8 Å². The summed E-state index contributed by atoms with van der Waals surface area (Å²) < 4.78 is 26.6. The largest absolute Gasteiger partial charge is 0.487 e. The van der Waals surface area contributed by atoms with Crippen LogP contribution in [0.15, 0.2) is 90.1 Å². The van der Waals surface area contributed by atoms with Gasteiger partial charge in [0.2, 0.25) is 5.79 Å². The minimum absolute atomic E-state index is 0.0321. The summed E-state index contributed by atoms with van der Waals surface area (Å²) in [6.45, 7) is 8.89. The van der Waals surface area contributed by atoms with Crippen molar-refractivity contribution in [2.45, 2.75) is 83.1 Å². The number of allylic oxidation sites excluding steroid dienone is 1. The van der Waals surface area contributed by atoms with Gasteiger partial charge in [-0.25, -0.2) is 0 Å². The van der Waals surface area contributed by atoms with E-state index in [0.29, 0.717) is 47.8 Å². The molecule has 6 unspecified atom stereocenters. The van der Waals surface area contributed by atoms with Gasteiger partial charge in [0.15, 0.2) is 0 Å². The summed E-state index contributed by atoms with van der Waals surface area (Å²) in [7, 11) is 0. The molecule has 1 fully saturated rings. The van der Waals surface area contributed by atoms with Gasteiger partial charge in [-0.1, -0.05) is 36.2 Å². The third-order valence-corrected chi connectivity index (χ3v) is 11.9. The van der Waals surface area contributed by atoms with Gasteiger partial charge in [-0.15, -0.1) is 6.58 Å². The molecule has 2 heterocycles. The highest BCUT2D eigenvalue weighted by Gasteiger charge is 2.65. The number of unbranched alkanes of at least 4 members (excludes halogenated alkanes) is 2. The number of ether oxygens (including phenoxy) is 4. The number of aliphatic hydroxyl groups is 3. The Balaban J connectivity index is 1.57. The second-order valence-electron chi connectivity index (χ2n) is 15.8. The maximum absolute atomic E-state index is 15.0. The van der Waals surface area contributed by atoms with Crippen LogP contribution in [0.25, 0.3) is 0 Å². The Labute approximate surface area is 359 Å². The molecule has 1 aliphatic heterocycles. The first-order valence-corrected chi connectivity index (χ1v) is 21.6. The highest BCUT2D eigenvalue weighted by molar-refractivity contribution is 6.03. The fourth-order valence-electron chi connectivity index (χ4n) is 9.30. The molecule has 1 aromatic heterocycles. The number of hydrogen-bond donors (Lipinski definition) is 3. The van der Waals surface area contributed by atoms with Crippen LogP contribution in [0.3, 0.4) is 0 Å². The lowest BCUT2D eigenvalue weighted by atomic mass is 9.55. The number of benzene rings is 2. The molecule has 1 amide bonds. The predicted molar refractivity (Wildman–Crippen MR) is 230 cm³/mol. The molecule has 3 N–H and O–H groups in total. The van der Waals surface area contributed by atoms with Crippen molar-refractivity contribution < 1.29 is 43.9 Å². The Kier molecular flexibility index (Phi) is 16.5. The molecule has 3 aromatic rings. The van der Waals surface area contributed by atoms with E-state index in [4.69, 9.17) is 28.9 Å². The average molecular weight is 837 g/mol. The van der Waals surface area contributed by atoms with Gasteiger partial charge in [-0.05, 0) is 112 Å². The topological polar surface area (TPSA) is 176 Å². The van der Waals surface area contributed by atoms with Crippen molar-refractivity contribution >= 4 is 11.6 Å². The average Bonchev–Trinajstić information content (AvgIpc) is 3.28. The first-order valence-electron chi connectivity index (χ1n) is 21.6. The molecule has 61 heavy (non-hydrogen) atoms. The van der Waals surface area contributed by atoms with Crippen molar-refractivity contribution in [3.8, 4) is 17.6 Å². The minimum Gasteiger partial charge on any atom is -0.487 e. The summed E-state index contributed by atoms with van der Waals surface area (Å²) in [5, 5.41) is 43.7. The molecule has 0 bridgehead atoms. The molecule has 0 spiro atoms. The zero-order valence-corrected chi connectivity index (χ0v) is 35.4. The molecule has 2 aromatic carbocycles. The van der Waals surface area contributed by atoms with E-state index in [-0.39, 0.29) is 82.9 Å². The molecule has 6 rings (SSSR count). The third kappa shape index (κ3) is 10.5. The monoisotopic (exact) mass is 836 g/mol. The van der Waals surface area contributed by atoms with Crippen LogP contribution in [0.1, 0.15) is 90.7 Å². The van der Waals surface area contributed by atoms with E-state index in [2.05, 4.69) is 29.8 Å². The van der Waals surface area contributed by atoms with Crippen molar-refractivity contribution in [3.05, 3.63) is 113 Å². The number of aryl methyl sites for hydroxylation is 1. The lowest BCUT2D eigenvalue weighted by molar-refractivity contribution is -0.254. The van der Waals surface area contributed by atoms with E-state index in [1.807, 2.05) is 44.2 Å². The molecular formula is C48H60N4O9. The molecule has 326 valence electrons. The fourth-order valence-corrected chi connectivity index (χ4v) is 9.30. The number of aromatic nitrogens is 1. The van der Waals surface area contributed by atoms with Crippen molar-refractivity contribution in [3.63, 3.8) is 0 Å². The molecule has 6 atom stereocenters. The van der Waals surface area contributed by atoms with Gasteiger partial charge in [-0.2, -0.15) is 5.26 Å². The molecule has 1 saturated carbocycles. The summed E-state index contributed by atoms with van der Waals surface area (Å²) in [6, 6.07) is 19.6. The standard InChI is InChI=1S/C48H60N4O9/c1-4-25-59-48-44(52(21-26-57-27-24-55)47(56)35-17-15-34(31-49)16-18-35)30-42(51-60-5-2)40-28-36(12-6-8-22-53)39(14-7-9-23-54)45(46(40)48)41-29-38(19-20-43(41)61-48)58-32-37-13-10-11-33(3)50-37/h4,10-11,13,15-20,28-29,36,39,44-46,53-55H,1,5-9,12,14,21-27,30,32H2,2-3H3. The van der Waals surface area contributed by atoms with Crippen LogP contribution in [-0.4, -0.2) is 101 Å². The fraction of sp³-hybridized carbons (Fsp3) is 0.500. The zero-order chi connectivity index (χ0) is 43.2. The van der Waals surface area contributed by atoms with Crippen molar-refractivity contribution in [1.82, 2.24) is 9.88 Å². The van der Waals surface area contributed by atoms with Crippen molar-refractivity contribution in [2.75, 3.05) is 52.8 Å². The lowest BCUT2D eigenvalue weighted by Gasteiger charge is -2.60. The highest BCUT2D eigenvalue weighted by atomic mass is 16.7. The number of nitrogens with zero attached hydrogens (tertiary/aromatic N) is 4. The number of oxime groups is 1. The van der Waals surface area contributed by atoms with Gasteiger partial charge < -0.3 is 44.0 Å². The Morgan fingerprint density at radius 2 is 1.84 bits per heavy atom. The van der Waals surface area contributed by atoms with Crippen LogP contribution < -0.4 is 9.47 Å². The summed E-state index contributed by atoms with van der Waals surface area (Å²) in [4.78, 5) is 27.2. The van der Waals surface area contributed by atoms with Crippen LogP contribution in [0, 0.1) is 36.0 Å². The molecule has 3 aliphatic rings. The van der Waals surface area contributed by atoms with Gasteiger partial charge in [-0.3, -0.25) is 9.78 Å². The smallest absolute Gasteiger partial charge is 0.254 e. The number of rotatable bonds is 23. The molecule has 13 nitrogen and oxygen atoms in total. The summed E-state index contributed by atoms with van der Waals surface area (Å²) in [5.41, 5.74) is 5.05. The SMILES string of the molecule is C=CCOC12Oc3ccc(OCc4cccc(C)n4)cc3C3C(CCCCO)C(CCCCO)C=C(C(=NOCC)CC1N(CCOCCO)C(=O)c1ccc(C#N)cc1)C32. The first-order chi connectivity index (χ1) is 29.8. The first kappa shape index (κ1) is 45.4. The zero-order valence-electron chi connectivity index (χ0n) is 35.4. The number of amides is 1. The quantitative estimate of drug-likeness (QED) is 0.0530. The second kappa shape index (κ2) is 22.1. The molecule has 0 saturated heterocycles. The summed E-state index contributed by atoms with van der Waals surface area (Å²) in [5.74, 6) is -1.17. The van der Waals surface area contributed by atoms with Gasteiger partial charge in [0, 0.05) is 48.9 Å². The molecule has 0 radical (unpaired) electrons. The van der Waals surface area contributed by atoms with Crippen LogP contribution >= 0.6 is 0 Å². The number of carbonyl (C=O) groups excluding carboxylic acids is 1. The van der Waals surface area contributed by atoms with E-state index in [0.717, 1.165) is 48.2 Å². The van der Waals surface area contributed by atoms with E-state index >= 15 is 0 Å².